The van der Waals surface area contributed by atoms with Crippen LogP contribution in [-0.4, -0.2) is 23.3 Å². The zero-order valence-corrected chi connectivity index (χ0v) is 5.53. The van der Waals surface area contributed by atoms with Crippen LogP contribution in [0.25, 0.3) is 0 Å². The van der Waals surface area contributed by atoms with Crippen LogP contribution >= 0.6 is 0 Å². The molecule has 0 radical (unpaired) electrons. The molecule has 3 nitrogen and oxygen atoms in total. The average Bonchev–Trinajstić information content (AvgIpc) is 1.83. The Balaban J connectivity index is 3.11. The summed E-state index contributed by atoms with van der Waals surface area (Å²) in [6.45, 7) is 0. The minimum atomic E-state index is -1.18. The first kappa shape index (κ1) is 7.78. The fraction of sp³-hybridized carbons (Fsp3) is 0.750. The summed E-state index contributed by atoms with van der Waals surface area (Å²) in [6, 6.07) is 0. The van der Waals surface area contributed by atoms with E-state index in [1.807, 2.05) is 0 Å². The molecule has 1 N–H and O–H groups in total. The molecule has 4 heteroatoms. The van der Waals surface area contributed by atoms with Crippen LogP contribution in [-0.2, 0) is 15.3 Å². The lowest BCUT2D eigenvalue weighted by molar-refractivity contribution is 0.446. The maximum Gasteiger partial charge on any atom is 0.155 e. The van der Waals surface area contributed by atoms with Crippen LogP contribution in [0.3, 0.4) is 0 Å². The highest BCUT2D eigenvalue weighted by Crippen LogP contribution is 1.83. The van der Waals surface area contributed by atoms with Gasteiger partial charge in [-0.2, -0.15) is 0 Å². The summed E-state index contributed by atoms with van der Waals surface area (Å²) in [4.78, 5) is 0. The van der Waals surface area contributed by atoms with Gasteiger partial charge in [0.2, 0.25) is 0 Å². The summed E-state index contributed by atoms with van der Waals surface area (Å²) in [6.07, 6.45) is 1.75. The van der Waals surface area contributed by atoms with Crippen molar-refractivity contribution in [1.82, 2.24) is 0 Å². The predicted octanol–water partition coefficient (Wildman–Crippen LogP) is 0.336. The Morgan fingerprint density at radius 1 is 1.88 bits per heavy atom. The van der Waals surface area contributed by atoms with Crippen LogP contribution in [0.4, 0.5) is 0 Å². The highest BCUT2D eigenvalue weighted by Gasteiger charge is 1.91. The first-order valence-corrected chi connectivity index (χ1v) is 3.47. The van der Waals surface area contributed by atoms with E-state index in [-0.39, 0.29) is 0 Å². The zero-order chi connectivity index (χ0) is 6.41. The van der Waals surface area contributed by atoms with E-state index in [0.717, 1.165) is 0 Å². The molecule has 0 heterocycles. The molecule has 0 saturated carbocycles. The third-order valence-electron chi connectivity index (χ3n) is 0.615. The lowest BCUT2D eigenvalue weighted by Gasteiger charge is -1.90. The lowest BCUT2D eigenvalue weighted by Crippen LogP contribution is -1.98. The highest BCUT2D eigenvalue weighted by molar-refractivity contribution is 7.80. The van der Waals surface area contributed by atoms with Crippen molar-refractivity contribution in [3.63, 3.8) is 0 Å². The molecule has 8 heavy (non-hydrogen) atoms. The van der Waals surface area contributed by atoms with Crippen molar-refractivity contribution in [2.24, 2.45) is 0 Å². The van der Waals surface area contributed by atoms with Gasteiger partial charge in [-0.1, -0.05) is 0 Å². The normalized spacial score (nSPS) is 13.1. The van der Waals surface area contributed by atoms with Crippen LogP contribution in [0.1, 0.15) is 6.42 Å². The molecule has 0 aliphatic rings. The summed E-state index contributed by atoms with van der Waals surface area (Å²) in [5.41, 5.74) is 0. The Morgan fingerprint density at radius 3 is 2.88 bits per heavy atom. The molecular weight excluding hydrogens is 126 g/mol. The Labute approximate surface area is 51.2 Å². The monoisotopic (exact) mass is 135 g/mol. The SMILES string of the molecule is COS(=O)CCC=N. The minimum absolute atomic E-state index is 0.431. The highest BCUT2D eigenvalue weighted by atomic mass is 32.2. The molecule has 0 aromatic carbocycles. The van der Waals surface area contributed by atoms with E-state index < -0.39 is 11.1 Å². The molecule has 0 bridgehead atoms. The Bertz CT molecular complexity index is 94.0. The Morgan fingerprint density at radius 2 is 2.50 bits per heavy atom. The quantitative estimate of drug-likeness (QED) is 0.565. The molecule has 1 unspecified atom stereocenters. The van der Waals surface area contributed by atoms with Crippen molar-refractivity contribution >= 4 is 17.3 Å². The molecule has 1 atom stereocenters. The second-order valence-corrected chi connectivity index (χ2v) is 2.52. The smallest absolute Gasteiger partial charge is 0.155 e. The van der Waals surface area contributed by atoms with Gasteiger partial charge in [-0.05, 0) is 12.6 Å². The van der Waals surface area contributed by atoms with Crippen LogP contribution in [0.5, 0.6) is 0 Å². The Kier molecular flexibility index (Phi) is 4.79. The van der Waals surface area contributed by atoms with E-state index in [4.69, 9.17) is 5.41 Å². The number of hydrogen-bond acceptors (Lipinski definition) is 3. The summed E-state index contributed by atoms with van der Waals surface area (Å²) < 4.78 is 14.8. The summed E-state index contributed by atoms with van der Waals surface area (Å²) in [5.74, 6) is 0.431. The van der Waals surface area contributed by atoms with E-state index in [2.05, 4.69) is 4.18 Å². The van der Waals surface area contributed by atoms with Crippen LogP contribution in [0.2, 0.25) is 0 Å². The van der Waals surface area contributed by atoms with E-state index in [1.165, 1.54) is 13.3 Å². The van der Waals surface area contributed by atoms with Crippen LogP contribution in [0.15, 0.2) is 0 Å². The van der Waals surface area contributed by atoms with E-state index in [0.29, 0.717) is 12.2 Å². The van der Waals surface area contributed by atoms with Gasteiger partial charge >= 0.3 is 0 Å². The molecule has 0 amide bonds. The molecule has 0 fully saturated rings. The largest absolute Gasteiger partial charge is 0.313 e. The molecule has 0 aromatic rings. The van der Waals surface area contributed by atoms with Crippen molar-refractivity contribution in [2.75, 3.05) is 12.9 Å². The van der Waals surface area contributed by atoms with Gasteiger partial charge in [-0.3, -0.25) is 4.18 Å². The van der Waals surface area contributed by atoms with E-state index in [1.54, 1.807) is 0 Å². The lowest BCUT2D eigenvalue weighted by atomic mass is 10.5. The number of rotatable bonds is 4. The summed E-state index contributed by atoms with van der Waals surface area (Å²) >= 11 is -1.18. The second-order valence-electron chi connectivity index (χ2n) is 1.17. The van der Waals surface area contributed by atoms with Crippen molar-refractivity contribution in [1.29, 1.82) is 5.41 Å². The minimum Gasteiger partial charge on any atom is -0.313 e. The van der Waals surface area contributed by atoms with Gasteiger partial charge in [-0.25, -0.2) is 4.21 Å². The van der Waals surface area contributed by atoms with Gasteiger partial charge in [-0.15, -0.1) is 0 Å². The molecular formula is C4H9NO2S. The standard InChI is InChI=1S/C4H9NO2S/c1-7-8(6)4-2-3-5/h3,5H,2,4H2,1H3. The fourth-order valence-corrected chi connectivity index (χ4v) is 0.715. The van der Waals surface area contributed by atoms with Gasteiger partial charge in [0.25, 0.3) is 0 Å². The molecule has 0 rings (SSSR count). The first-order valence-electron chi connectivity index (χ1n) is 2.23. The molecule has 48 valence electrons. The van der Waals surface area contributed by atoms with Gasteiger partial charge in [0.15, 0.2) is 11.1 Å². The third kappa shape index (κ3) is 3.95. The predicted molar refractivity (Wildman–Crippen MR) is 33.4 cm³/mol. The second kappa shape index (κ2) is 4.93. The zero-order valence-electron chi connectivity index (χ0n) is 4.72. The van der Waals surface area contributed by atoms with E-state index in [9.17, 15) is 4.21 Å². The topological polar surface area (TPSA) is 50.2 Å². The van der Waals surface area contributed by atoms with Crippen LogP contribution in [0, 0.1) is 5.41 Å². The Hall–Kier alpha value is -0.220. The maximum atomic E-state index is 10.4. The average molecular weight is 135 g/mol. The van der Waals surface area contributed by atoms with Crippen molar-refractivity contribution < 1.29 is 8.39 Å². The van der Waals surface area contributed by atoms with E-state index >= 15 is 0 Å². The van der Waals surface area contributed by atoms with Crippen LogP contribution < -0.4 is 0 Å². The molecule has 0 aliphatic heterocycles. The van der Waals surface area contributed by atoms with Crippen molar-refractivity contribution in [2.45, 2.75) is 6.42 Å². The molecule has 0 spiro atoms. The van der Waals surface area contributed by atoms with Crippen molar-refractivity contribution in [3.05, 3.63) is 0 Å². The molecule has 0 aromatic heterocycles. The fourth-order valence-electron chi connectivity index (χ4n) is 0.238. The maximum absolute atomic E-state index is 10.4. The summed E-state index contributed by atoms with van der Waals surface area (Å²) in [5, 5.41) is 6.56. The van der Waals surface area contributed by atoms with Gasteiger partial charge in [0.1, 0.15) is 0 Å². The van der Waals surface area contributed by atoms with Gasteiger partial charge < -0.3 is 5.41 Å². The number of hydrogen-bond donors (Lipinski definition) is 1. The van der Waals surface area contributed by atoms with Crippen molar-refractivity contribution in [3.8, 4) is 0 Å². The molecule has 0 saturated heterocycles. The third-order valence-corrected chi connectivity index (χ3v) is 1.56. The molecule has 0 aliphatic carbocycles. The van der Waals surface area contributed by atoms with Gasteiger partial charge in [0.05, 0.1) is 12.9 Å². The first-order chi connectivity index (χ1) is 3.81. The number of nitrogens with one attached hydrogen (secondary N) is 1. The summed E-state index contributed by atoms with van der Waals surface area (Å²) in [7, 11) is 1.39. The van der Waals surface area contributed by atoms with Gasteiger partial charge in [0, 0.05) is 0 Å².